The van der Waals surface area contributed by atoms with Crippen LogP contribution in [0.2, 0.25) is 0 Å². The first-order valence-electron chi connectivity index (χ1n) is 17.4. The van der Waals surface area contributed by atoms with Crippen LogP contribution in [0.4, 0.5) is 0 Å². The van der Waals surface area contributed by atoms with Gasteiger partial charge in [-0.05, 0) is 111 Å². The second kappa shape index (κ2) is 11.6. The standard InChI is InChI=1S/C50H32/c1-3-19-36-33(15-1)17-13-29-38(36)40-21-5-7-23-42(40)48-31-35-32-49(45-26-10-12-28-47(45)50(35)46-27-11-9-25-44(46)48)43-24-8-6-22-41(43)39-30-14-18-34-16-2-4-20-37(34)39/h1-32H. The van der Waals surface area contributed by atoms with E-state index in [9.17, 15) is 0 Å². The summed E-state index contributed by atoms with van der Waals surface area (Å²) >= 11 is 0. The predicted molar refractivity (Wildman–Crippen MR) is 216 cm³/mol. The zero-order valence-corrected chi connectivity index (χ0v) is 27.5. The summed E-state index contributed by atoms with van der Waals surface area (Å²) in [5.74, 6) is 0. The van der Waals surface area contributed by atoms with Crippen molar-refractivity contribution in [2.24, 2.45) is 0 Å². The van der Waals surface area contributed by atoms with E-state index in [1.54, 1.807) is 0 Å². The van der Waals surface area contributed by atoms with Gasteiger partial charge >= 0.3 is 0 Å². The maximum atomic E-state index is 2.44. The second-order valence-electron chi connectivity index (χ2n) is 13.2. The van der Waals surface area contributed by atoms with E-state index in [-0.39, 0.29) is 0 Å². The molecule has 0 saturated carbocycles. The van der Waals surface area contributed by atoms with Gasteiger partial charge in [0.15, 0.2) is 0 Å². The minimum absolute atomic E-state index is 1.24. The molecule has 10 rings (SSSR count). The van der Waals surface area contributed by atoms with E-state index in [2.05, 4.69) is 194 Å². The molecule has 10 aromatic carbocycles. The SMILES string of the molecule is c1ccc(-c2cc3cc(-c4ccccc4-c4cccc5ccccc45)c4ccccc4c3c3ccccc23)c(-c2cccc3ccccc23)c1. The molecule has 0 saturated heterocycles. The summed E-state index contributed by atoms with van der Waals surface area (Å²) in [7, 11) is 0. The van der Waals surface area contributed by atoms with Gasteiger partial charge in [-0.1, -0.05) is 182 Å². The molecule has 0 N–H and O–H groups in total. The highest BCUT2D eigenvalue weighted by molar-refractivity contribution is 6.26. The number of fused-ring (bicyclic) bond motifs is 7. The van der Waals surface area contributed by atoms with E-state index >= 15 is 0 Å². The molecule has 0 fully saturated rings. The van der Waals surface area contributed by atoms with E-state index in [1.807, 2.05) is 0 Å². The van der Waals surface area contributed by atoms with Crippen molar-refractivity contribution in [3.8, 4) is 44.5 Å². The Bertz CT molecular complexity index is 2720. The monoisotopic (exact) mass is 632 g/mol. The molecule has 0 heteroatoms. The number of rotatable bonds is 4. The fraction of sp³-hybridized carbons (Fsp3) is 0. The van der Waals surface area contributed by atoms with E-state index in [0.717, 1.165) is 0 Å². The molecule has 0 amide bonds. The molecule has 0 radical (unpaired) electrons. The molecule has 0 atom stereocenters. The normalized spacial score (nSPS) is 11.6. The average molecular weight is 633 g/mol. The van der Waals surface area contributed by atoms with Crippen LogP contribution in [0, 0.1) is 0 Å². The van der Waals surface area contributed by atoms with Crippen molar-refractivity contribution in [3.05, 3.63) is 194 Å². The Morgan fingerprint density at radius 3 is 0.920 bits per heavy atom. The van der Waals surface area contributed by atoms with Gasteiger partial charge in [-0.3, -0.25) is 0 Å². The molecule has 0 aliphatic heterocycles. The first-order chi connectivity index (χ1) is 24.8. The summed E-state index contributed by atoms with van der Waals surface area (Å²) in [6.45, 7) is 0. The first kappa shape index (κ1) is 28.5. The zero-order chi connectivity index (χ0) is 33.0. The molecule has 0 aliphatic rings. The molecule has 10 aromatic rings. The number of hydrogen-bond donors (Lipinski definition) is 0. The van der Waals surface area contributed by atoms with Gasteiger partial charge in [0, 0.05) is 0 Å². The third-order valence-electron chi connectivity index (χ3n) is 10.5. The molecule has 0 bridgehead atoms. The molecular formula is C50H32. The van der Waals surface area contributed by atoms with Gasteiger partial charge in [0.1, 0.15) is 0 Å². The van der Waals surface area contributed by atoms with Gasteiger partial charge in [-0.2, -0.15) is 0 Å². The van der Waals surface area contributed by atoms with Crippen LogP contribution in [0.3, 0.4) is 0 Å². The van der Waals surface area contributed by atoms with Crippen LogP contribution in [0.5, 0.6) is 0 Å². The van der Waals surface area contributed by atoms with Crippen LogP contribution in [0.1, 0.15) is 0 Å². The summed E-state index contributed by atoms with van der Waals surface area (Å²) in [5, 5.41) is 12.7. The number of hydrogen-bond acceptors (Lipinski definition) is 0. The lowest BCUT2D eigenvalue weighted by molar-refractivity contribution is 1.62. The molecule has 50 heavy (non-hydrogen) atoms. The van der Waals surface area contributed by atoms with E-state index in [0.29, 0.717) is 0 Å². The second-order valence-corrected chi connectivity index (χ2v) is 13.2. The highest BCUT2D eigenvalue weighted by Crippen LogP contribution is 2.46. The van der Waals surface area contributed by atoms with Crippen LogP contribution in [0.25, 0.3) is 98.4 Å². The summed E-state index contributed by atoms with van der Waals surface area (Å²) in [4.78, 5) is 0. The Morgan fingerprint density at radius 1 is 0.180 bits per heavy atom. The van der Waals surface area contributed by atoms with Crippen molar-refractivity contribution in [1.29, 1.82) is 0 Å². The van der Waals surface area contributed by atoms with E-state index in [1.165, 1.54) is 98.4 Å². The Morgan fingerprint density at radius 2 is 0.480 bits per heavy atom. The van der Waals surface area contributed by atoms with Crippen molar-refractivity contribution < 1.29 is 0 Å². The van der Waals surface area contributed by atoms with Crippen molar-refractivity contribution in [3.63, 3.8) is 0 Å². The molecule has 0 spiro atoms. The smallest absolute Gasteiger partial charge is 0.00259 e. The van der Waals surface area contributed by atoms with Crippen LogP contribution in [0.15, 0.2) is 194 Å². The van der Waals surface area contributed by atoms with Crippen molar-refractivity contribution >= 4 is 53.9 Å². The van der Waals surface area contributed by atoms with Gasteiger partial charge in [0.2, 0.25) is 0 Å². The van der Waals surface area contributed by atoms with Gasteiger partial charge in [0.05, 0.1) is 0 Å². The lowest BCUT2D eigenvalue weighted by atomic mass is 9.84. The van der Waals surface area contributed by atoms with E-state index < -0.39 is 0 Å². The largest absolute Gasteiger partial charge is 0.0616 e. The van der Waals surface area contributed by atoms with Crippen molar-refractivity contribution in [1.82, 2.24) is 0 Å². The molecule has 232 valence electrons. The Hall–Kier alpha value is -6.50. The third kappa shape index (κ3) is 4.46. The maximum Gasteiger partial charge on any atom is -0.00259 e. The first-order valence-corrected chi connectivity index (χ1v) is 17.4. The average Bonchev–Trinajstić information content (AvgIpc) is 3.19. The summed E-state index contributed by atoms with van der Waals surface area (Å²) in [6, 6.07) is 71.3. The van der Waals surface area contributed by atoms with Gasteiger partial charge in [-0.15, -0.1) is 0 Å². The van der Waals surface area contributed by atoms with Gasteiger partial charge < -0.3 is 0 Å². The quantitative estimate of drug-likeness (QED) is 0.169. The zero-order valence-electron chi connectivity index (χ0n) is 27.5. The highest BCUT2D eigenvalue weighted by atomic mass is 14.2. The minimum atomic E-state index is 1.24. The third-order valence-corrected chi connectivity index (χ3v) is 10.5. The maximum absolute atomic E-state index is 2.44. The molecular weight excluding hydrogens is 601 g/mol. The predicted octanol–water partition coefficient (Wildman–Crippen LogP) is 14.1. The summed E-state index contributed by atoms with van der Waals surface area (Å²) in [5.41, 5.74) is 9.99. The van der Waals surface area contributed by atoms with E-state index in [4.69, 9.17) is 0 Å². The molecule has 0 heterocycles. The van der Waals surface area contributed by atoms with Gasteiger partial charge in [-0.25, -0.2) is 0 Å². The summed E-state index contributed by atoms with van der Waals surface area (Å²) < 4.78 is 0. The molecule has 0 aromatic heterocycles. The van der Waals surface area contributed by atoms with Crippen molar-refractivity contribution in [2.75, 3.05) is 0 Å². The minimum Gasteiger partial charge on any atom is -0.0616 e. The van der Waals surface area contributed by atoms with Crippen LogP contribution in [-0.2, 0) is 0 Å². The molecule has 0 nitrogen and oxygen atoms in total. The Kier molecular flexibility index (Phi) is 6.60. The van der Waals surface area contributed by atoms with Crippen LogP contribution in [-0.4, -0.2) is 0 Å². The fourth-order valence-electron chi connectivity index (χ4n) is 8.25. The topological polar surface area (TPSA) is 0 Å². The van der Waals surface area contributed by atoms with Gasteiger partial charge in [0.25, 0.3) is 0 Å². The molecule has 0 aliphatic carbocycles. The highest BCUT2D eigenvalue weighted by Gasteiger charge is 2.19. The lowest BCUT2D eigenvalue weighted by Gasteiger charge is -2.19. The Balaban J connectivity index is 1.29. The molecule has 0 unspecified atom stereocenters. The Labute approximate surface area is 291 Å². The van der Waals surface area contributed by atoms with Crippen LogP contribution < -0.4 is 0 Å². The fourth-order valence-corrected chi connectivity index (χ4v) is 8.25. The number of benzene rings is 10. The summed E-state index contributed by atoms with van der Waals surface area (Å²) in [6.07, 6.45) is 0. The van der Waals surface area contributed by atoms with Crippen molar-refractivity contribution in [2.45, 2.75) is 0 Å². The lowest BCUT2D eigenvalue weighted by Crippen LogP contribution is -1.92. The van der Waals surface area contributed by atoms with Crippen LogP contribution >= 0.6 is 0 Å².